The summed E-state index contributed by atoms with van der Waals surface area (Å²) >= 11 is 1.36. The molecule has 12 heteroatoms. The number of aromatic amines is 1. The van der Waals surface area contributed by atoms with Crippen LogP contribution in [-0.2, 0) is 31.9 Å². The summed E-state index contributed by atoms with van der Waals surface area (Å²) in [4.78, 5) is 49.4. The minimum absolute atomic E-state index is 0.00325. The number of ether oxygens (including phenoxy) is 2. The van der Waals surface area contributed by atoms with Gasteiger partial charge in [0.25, 0.3) is 5.91 Å². The van der Waals surface area contributed by atoms with Gasteiger partial charge in [-0.25, -0.2) is 4.79 Å². The molecule has 0 aliphatic rings. The number of fused-ring (bicyclic) bond motifs is 1. The first-order valence-electron chi connectivity index (χ1n) is 11.4. The molecule has 0 saturated carbocycles. The number of aryl methyl sites for hydroxylation is 2. The van der Waals surface area contributed by atoms with Crippen molar-refractivity contribution >= 4 is 52.0 Å². The highest BCUT2D eigenvalue weighted by Gasteiger charge is 2.24. The summed E-state index contributed by atoms with van der Waals surface area (Å²) in [7, 11) is 0. The van der Waals surface area contributed by atoms with E-state index in [-0.39, 0.29) is 37.9 Å². The number of thiophene rings is 1. The fourth-order valence-corrected chi connectivity index (χ4v) is 4.60. The Balaban J connectivity index is 1.57. The van der Waals surface area contributed by atoms with Gasteiger partial charge in [0.05, 0.1) is 23.5 Å². The number of rotatable bonds is 12. The maximum absolute atomic E-state index is 12.8. The van der Waals surface area contributed by atoms with Crippen molar-refractivity contribution in [2.24, 2.45) is 0 Å². The molecular formula is C23H30N6O5S. The number of carbonyl (C=O) groups excluding carboxylic acids is 3. The van der Waals surface area contributed by atoms with E-state index in [9.17, 15) is 14.4 Å². The van der Waals surface area contributed by atoms with Crippen LogP contribution in [0.2, 0.25) is 0 Å². The van der Waals surface area contributed by atoms with E-state index in [0.717, 1.165) is 35.1 Å². The van der Waals surface area contributed by atoms with Crippen molar-refractivity contribution in [3.8, 4) is 0 Å². The number of nitrogens with zero attached hydrogens (tertiary/aromatic N) is 2. The molecule has 0 aliphatic heterocycles. The lowest BCUT2D eigenvalue weighted by Crippen LogP contribution is -2.42. The number of esters is 2. The highest BCUT2D eigenvalue weighted by Crippen LogP contribution is 2.25. The molecule has 0 aliphatic carbocycles. The van der Waals surface area contributed by atoms with Gasteiger partial charge in [0.1, 0.15) is 17.5 Å². The highest BCUT2D eigenvalue weighted by atomic mass is 32.1. The molecule has 188 valence electrons. The summed E-state index contributed by atoms with van der Waals surface area (Å²) in [6.45, 7) is 3.82. The molecule has 0 spiro atoms. The monoisotopic (exact) mass is 502 g/mol. The quantitative estimate of drug-likeness (QED) is 0.271. The molecule has 0 fully saturated rings. The molecule has 0 radical (unpaired) electrons. The van der Waals surface area contributed by atoms with E-state index in [0.29, 0.717) is 16.3 Å². The van der Waals surface area contributed by atoms with Gasteiger partial charge < -0.3 is 31.2 Å². The third-order valence-electron chi connectivity index (χ3n) is 5.23. The van der Waals surface area contributed by atoms with E-state index >= 15 is 0 Å². The standard InChI is InChI=1S/C23H30N6O5S/c1-3-33-17(30)11-9-15(22(32)34-4-2)27-21(31)16-10-8-14(35-16)7-5-6-13-12-26-20-18(13)19(24)28-23(25)29-20/h8,10,12,15H,3-7,9,11H2,1-2H3,(H,27,31)(H5,24,25,26,28,29)/t15-/m1/s1. The van der Waals surface area contributed by atoms with Crippen LogP contribution in [-0.4, -0.2) is 52.1 Å². The number of anilines is 2. The first kappa shape index (κ1) is 25.9. The minimum Gasteiger partial charge on any atom is -0.466 e. The third kappa shape index (κ3) is 6.92. The number of nitrogens with one attached hydrogen (secondary N) is 2. The molecule has 3 aromatic heterocycles. The second kappa shape index (κ2) is 12.2. The molecule has 3 rings (SSSR count). The molecule has 11 nitrogen and oxygen atoms in total. The summed E-state index contributed by atoms with van der Waals surface area (Å²) in [6.07, 6.45) is 4.28. The summed E-state index contributed by atoms with van der Waals surface area (Å²) in [5, 5.41) is 3.46. The molecule has 1 amide bonds. The number of hydrogen-bond acceptors (Lipinski definition) is 10. The Bertz CT molecular complexity index is 1190. The fraction of sp³-hybridized carbons (Fsp3) is 0.435. The number of hydrogen-bond donors (Lipinski definition) is 4. The molecule has 0 aromatic carbocycles. The SMILES string of the molecule is CCOC(=O)CC[C@@H](NC(=O)c1ccc(CCCc2c[nH]c3nc(N)nc(N)c23)s1)C(=O)OCC. The molecule has 0 unspecified atom stereocenters. The lowest BCUT2D eigenvalue weighted by atomic mass is 10.1. The predicted octanol–water partition coefficient (Wildman–Crippen LogP) is 2.36. The van der Waals surface area contributed by atoms with Crippen LogP contribution >= 0.6 is 11.3 Å². The maximum Gasteiger partial charge on any atom is 0.328 e. The number of nitrogen functional groups attached to an aromatic ring is 2. The zero-order chi connectivity index (χ0) is 25.4. The van der Waals surface area contributed by atoms with Crippen molar-refractivity contribution in [2.75, 3.05) is 24.7 Å². The van der Waals surface area contributed by atoms with Gasteiger partial charge in [-0.05, 0) is 57.2 Å². The first-order valence-corrected chi connectivity index (χ1v) is 12.2. The van der Waals surface area contributed by atoms with E-state index in [4.69, 9.17) is 20.9 Å². The molecule has 1 atom stereocenters. The number of amides is 1. The lowest BCUT2D eigenvalue weighted by molar-refractivity contribution is -0.146. The fourth-order valence-electron chi connectivity index (χ4n) is 3.65. The van der Waals surface area contributed by atoms with Gasteiger partial charge in [-0.3, -0.25) is 9.59 Å². The van der Waals surface area contributed by atoms with Crippen molar-refractivity contribution < 1.29 is 23.9 Å². The smallest absolute Gasteiger partial charge is 0.328 e. The highest BCUT2D eigenvalue weighted by molar-refractivity contribution is 7.14. The van der Waals surface area contributed by atoms with Crippen LogP contribution in [0.4, 0.5) is 11.8 Å². The van der Waals surface area contributed by atoms with Gasteiger partial charge in [0, 0.05) is 17.5 Å². The average Bonchev–Trinajstić information content (AvgIpc) is 3.44. The Kier molecular flexibility index (Phi) is 9.01. The van der Waals surface area contributed by atoms with Crippen molar-refractivity contribution in [1.82, 2.24) is 20.3 Å². The Morgan fingerprint density at radius 3 is 2.63 bits per heavy atom. The van der Waals surface area contributed by atoms with E-state index in [1.165, 1.54) is 11.3 Å². The van der Waals surface area contributed by atoms with E-state index < -0.39 is 18.0 Å². The van der Waals surface area contributed by atoms with Crippen molar-refractivity contribution in [1.29, 1.82) is 0 Å². The first-order chi connectivity index (χ1) is 16.8. The topological polar surface area (TPSA) is 175 Å². The molecule has 3 heterocycles. The average molecular weight is 503 g/mol. The summed E-state index contributed by atoms with van der Waals surface area (Å²) < 4.78 is 9.94. The lowest BCUT2D eigenvalue weighted by Gasteiger charge is -2.16. The second-order valence-corrected chi connectivity index (χ2v) is 8.91. The number of carbonyl (C=O) groups is 3. The third-order valence-corrected chi connectivity index (χ3v) is 6.38. The Hall–Kier alpha value is -3.67. The molecule has 3 aromatic rings. The Morgan fingerprint density at radius 1 is 1.11 bits per heavy atom. The zero-order valence-electron chi connectivity index (χ0n) is 19.8. The molecular weight excluding hydrogens is 472 g/mol. The van der Waals surface area contributed by atoms with Crippen LogP contribution in [0.5, 0.6) is 0 Å². The molecule has 35 heavy (non-hydrogen) atoms. The normalized spacial score (nSPS) is 11.8. The van der Waals surface area contributed by atoms with Crippen LogP contribution in [0.3, 0.4) is 0 Å². The maximum atomic E-state index is 12.8. The molecule has 0 saturated heterocycles. The van der Waals surface area contributed by atoms with E-state index in [1.54, 1.807) is 19.9 Å². The van der Waals surface area contributed by atoms with Crippen LogP contribution in [0.15, 0.2) is 18.3 Å². The van der Waals surface area contributed by atoms with Gasteiger partial charge in [0.2, 0.25) is 5.95 Å². The Labute approximate surface area is 206 Å². The largest absolute Gasteiger partial charge is 0.466 e. The number of aromatic nitrogens is 3. The summed E-state index contributed by atoms with van der Waals surface area (Å²) in [5.41, 5.74) is 13.3. The summed E-state index contributed by atoms with van der Waals surface area (Å²) in [5.74, 6) is -0.925. The van der Waals surface area contributed by atoms with Crippen LogP contribution in [0.25, 0.3) is 11.0 Å². The second-order valence-electron chi connectivity index (χ2n) is 7.75. The number of nitrogens with two attached hydrogens (primary N) is 2. The molecule has 6 N–H and O–H groups in total. The van der Waals surface area contributed by atoms with Gasteiger partial charge in [-0.2, -0.15) is 9.97 Å². The van der Waals surface area contributed by atoms with Crippen molar-refractivity contribution in [3.63, 3.8) is 0 Å². The Morgan fingerprint density at radius 2 is 1.89 bits per heavy atom. The van der Waals surface area contributed by atoms with Gasteiger partial charge in [-0.15, -0.1) is 11.3 Å². The number of H-pyrrole nitrogens is 1. The minimum atomic E-state index is -0.930. The molecule has 0 bridgehead atoms. The van der Waals surface area contributed by atoms with Crippen LogP contribution < -0.4 is 16.8 Å². The van der Waals surface area contributed by atoms with Crippen LogP contribution in [0.1, 0.15) is 53.2 Å². The van der Waals surface area contributed by atoms with Crippen molar-refractivity contribution in [2.45, 2.75) is 52.0 Å². The van der Waals surface area contributed by atoms with E-state index in [2.05, 4.69) is 20.3 Å². The summed E-state index contributed by atoms with van der Waals surface area (Å²) in [6, 6.07) is 2.69. The predicted molar refractivity (Wildman–Crippen MR) is 133 cm³/mol. The van der Waals surface area contributed by atoms with Gasteiger partial charge in [0.15, 0.2) is 0 Å². The van der Waals surface area contributed by atoms with Crippen LogP contribution in [0, 0.1) is 0 Å². The van der Waals surface area contributed by atoms with Gasteiger partial charge >= 0.3 is 11.9 Å². The van der Waals surface area contributed by atoms with E-state index in [1.807, 2.05) is 12.3 Å². The van der Waals surface area contributed by atoms with Gasteiger partial charge in [-0.1, -0.05) is 0 Å². The zero-order valence-corrected chi connectivity index (χ0v) is 20.6. The van der Waals surface area contributed by atoms with Crippen molar-refractivity contribution in [3.05, 3.63) is 33.6 Å².